The van der Waals surface area contributed by atoms with Gasteiger partial charge in [0.1, 0.15) is 6.71 Å². The molecule has 1 aromatic rings. The van der Waals surface area contributed by atoms with E-state index in [-0.39, 0.29) is 0 Å². The number of anilines is 1. The highest BCUT2D eigenvalue weighted by atomic mass is 15.1. The number of aromatic nitrogens is 1. The molecule has 1 aromatic heterocycles. The second-order valence-corrected chi connectivity index (χ2v) is 6.98. The van der Waals surface area contributed by atoms with Crippen molar-refractivity contribution in [3.05, 3.63) is 24.5 Å². The molecule has 3 aliphatic heterocycles. The summed E-state index contributed by atoms with van der Waals surface area (Å²) in [4.78, 5) is 5.94. The van der Waals surface area contributed by atoms with E-state index in [4.69, 9.17) is 0 Å². The number of nitrogens with zero attached hydrogens (tertiary/aromatic N) is 2. The second kappa shape index (κ2) is 5.56. The van der Waals surface area contributed by atoms with Crippen molar-refractivity contribution in [2.45, 2.75) is 38.2 Å². The summed E-state index contributed by atoms with van der Waals surface area (Å²) in [6, 6.07) is 3.94. The molecule has 0 spiro atoms. The van der Waals surface area contributed by atoms with Crippen LogP contribution in [0.15, 0.2) is 24.5 Å². The summed E-state index contributed by atoms with van der Waals surface area (Å²) in [7, 11) is 4.02. The van der Waals surface area contributed by atoms with Gasteiger partial charge in [-0.25, -0.2) is 0 Å². The Kier molecular flexibility index (Phi) is 3.81. The lowest BCUT2D eigenvalue weighted by Crippen LogP contribution is -2.42. The number of hydrogen-bond donors (Lipinski definition) is 0. The fourth-order valence-electron chi connectivity index (χ4n) is 4.63. The third-order valence-electron chi connectivity index (χ3n) is 5.18. The molecule has 1 aliphatic carbocycles. The molecule has 0 N–H and O–H groups in total. The van der Waals surface area contributed by atoms with Gasteiger partial charge in [0.15, 0.2) is 0 Å². The van der Waals surface area contributed by atoms with Crippen LogP contribution < -0.4 is 4.90 Å². The van der Waals surface area contributed by atoms with E-state index in [0.29, 0.717) is 0 Å². The van der Waals surface area contributed by atoms with Crippen LogP contribution in [0.3, 0.4) is 0 Å². The first-order valence-electron chi connectivity index (χ1n) is 7.78. The third-order valence-corrected chi connectivity index (χ3v) is 5.18. The quantitative estimate of drug-likeness (QED) is 0.712. The zero-order valence-corrected chi connectivity index (χ0v) is 12.3. The third kappa shape index (κ3) is 3.13. The van der Waals surface area contributed by atoms with Gasteiger partial charge < -0.3 is 4.90 Å². The van der Waals surface area contributed by atoms with E-state index in [9.17, 15) is 0 Å². The first-order valence-corrected chi connectivity index (χ1v) is 7.78. The summed E-state index contributed by atoms with van der Waals surface area (Å²) in [6.07, 6.45) is 13.2. The molecule has 4 bridgehead atoms. The van der Waals surface area contributed by atoms with Crippen molar-refractivity contribution < 1.29 is 0 Å². The van der Waals surface area contributed by atoms with Crippen LogP contribution in [0.5, 0.6) is 0 Å². The Hall–Kier alpha value is -0.985. The van der Waals surface area contributed by atoms with Crippen LogP contribution >= 0.6 is 0 Å². The molecule has 2 nitrogen and oxygen atoms in total. The molecular formula is C16H25BN2. The van der Waals surface area contributed by atoms with Crippen molar-refractivity contribution in [2.75, 3.05) is 19.0 Å². The monoisotopic (exact) mass is 256 g/mol. The standard InChI is InChI=1S/C9H15B.C7H10N2/c1-7-2-9-3-8(1)5-10(4-7)6-9;1-9(2)7-3-5-8-6-4-7/h7-9H,1-6H2;3-6H,1-2H3. The predicted octanol–water partition coefficient (Wildman–Crippen LogP) is 3.69. The fourth-order valence-corrected chi connectivity index (χ4v) is 4.63. The average Bonchev–Trinajstić information content (AvgIpc) is 2.39. The highest BCUT2D eigenvalue weighted by Crippen LogP contribution is 2.51. The normalized spacial score (nSPS) is 30.8. The molecule has 102 valence electrons. The molecule has 0 unspecified atom stereocenters. The predicted molar refractivity (Wildman–Crippen MR) is 83.1 cm³/mol. The summed E-state index contributed by atoms with van der Waals surface area (Å²) in [5, 5.41) is 0. The van der Waals surface area contributed by atoms with E-state index in [1.165, 1.54) is 30.2 Å². The summed E-state index contributed by atoms with van der Waals surface area (Å²) >= 11 is 0. The Bertz CT molecular complexity index is 348. The molecule has 0 radical (unpaired) electrons. The van der Waals surface area contributed by atoms with Crippen LogP contribution in [-0.4, -0.2) is 25.8 Å². The van der Waals surface area contributed by atoms with Crippen LogP contribution in [0.4, 0.5) is 5.69 Å². The van der Waals surface area contributed by atoms with Gasteiger partial charge in [0, 0.05) is 32.2 Å². The molecule has 0 atom stereocenters. The summed E-state index contributed by atoms with van der Waals surface area (Å²) in [5.74, 6) is 3.53. The minimum absolute atomic E-state index is 1.18. The largest absolute Gasteiger partial charge is 0.378 e. The van der Waals surface area contributed by atoms with Gasteiger partial charge in [-0.1, -0.05) is 19.0 Å². The van der Waals surface area contributed by atoms with E-state index >= 15 is 0 Å². The lowest BCUT2D eigenvalue weighted by atomic mass is 9.28. The van der Waals surface area contributed by atoms with Crippen LogP contribution in [0.2, 0.25) is 19.0 Å². The van der Waals surface area contributed by atoms with Gasteiger partial charge in [-0.05, 0) is 49.1 Å². The highest BCUT2D eigenvalue weighted by molar-refractivity contribution is 6.59. The van der Waals surface area contributed by atoms with Gasteiger partial charge in [0.25, 0.3) is 0 Å². The van der Waals surface area contributed by atoms with Crippen molar-refractivity contribution >= 4 is 12.4 Å². The van der Waals surface area contributed by atoms with Crippen molar-refractivity contribution in [3.8, 4) is 0 Å². The second-order valence-electron chi connectivity index (χ2n) is 6.98. The van der Waals surface area contributed by atoms with Crippen LogP contribution in [0.25, 0.3) is 0 Å². The van der Waals surface area contributed by atoms with Crippen molar-refractivity contribution in [1.29, 1.82) is 0 Å². The molecule has 4 heterocycles. The average molecular weight is 256 g/mol. The Morgan fingerprint density at radius 1 is 0.947 bits per heavy atom. The maximum atomic E-state index is 3.90. The molecule has 5 rings (SSSR count). The molecule has 19 heavy (non-hydrogen) atoms. The summed E-state index contributed by atoms with van der Waals surface area (Å²) in [5.41, 5.74) is 1.19. The first kappa shape index (κ1) is 13.0. The zero-order chi connectivity index (χ0) is 13.2. The maximum Gasteiger partial charge on any atom is 0.140 e. The van der Waals surface area contributed by atoms with E-state index in [2.05, 4.69) is 4.98 Å². The molecule has 0 aromatic carbocycles. The molecule has 0 amide bonds. The molecule has 3 saturated heterocycles. The Balaban J connectivity index is 0.000000117. The van der Waals surface area contributed by atoms with E-state index < -0.39 is 0 Å². The topological polar surface area (TPSA) is 16.1 Å². The van der Waals surface area contributed by atoms with Crippen molar-refractivity contribution in [3.63, 3.8) is 0 Å². The van der Waals surface area contributed by atoms with E-state index in [0.717, 1.165) is 0 Å². The molecule has 1 saturated carbocycles. The molecule has 4 aliphatic rings. The Labute approximate surface area is 117 Å². The SMILES string of the molecule is C1B2CC3CC1CC(C2)C3.CN(C)c1ccncc1. The van der Waals surface area contributed by atoms with E-state index in [1.807, 2.05) is 31.1 Å². The highest BCUT2D eigenvalue weighted by Gasteiger charge is 2.43. The number of hydrogen-bond acceptors (Lipinski definition) is 2. The van der Waals surface area contributed by atoms with Gasteiger partial charge in [0.05, 0.1) is 0 Å². The van der Waals surface area contributed by atoms with Gasteiger partial charge in [0.2, 0.25) is 0 Å². The fraction of sp³-hybridized carbons (Fsp3) is 0.688. The molecular weight excluding hydrogens is 231 g/mol. The minimum atomic E-state index is 1.18. The molecule has 3 heteroatoms. The van der Waals surface area contributed by atoms with Gasteiger partial charge >= 0.3 is 0 Å². The maximum absolute atomic E-state index is 3.90. The minimum Gasteiger partial charge on any atom is -0.378 e. The smallest absolute Gasteiger partial charge is 0.140 e. The summed E-state index contributed by atoms with van der Waals surface area (Å²) < 4.78 is 0. The number of rotatable bonds is 1. The lowest BCUT2D eigenvalue weighted by molar-refractivity contribution is 0.194. The molecule has 4 fully saturated rings. The van der Waals surface area contributed by atoms with Crippen molar-refractivity contribution in [1.82, 2.24) is 4.98 Å². The zero-order valence-electron chi connectivity index (χ0n) is 12.3. The Morgan fingerprint density at radius 2 is 1.42 bits per heavy atom. The van der Waals surface area contributed by atoms with Crippen molar-refractivity contribution in [2.24, 2.45) is 17.8 Å². The van der Waals surface area contributed by atoms with Gasteiger partial charge in [-0.15, -0.1) is 0 Å². The van der Waals surface area contributed by atoms with Gasteiger partial charge in [-0.2, -0.15) is 0 Å². The van der Waals surface area contributed by atoms with E-state index in [1.54, 1.807) is 50.6 Å². The van der Waals surface area contributed by atoms with Crippen LogP contribution in [0, 0.1) is 17.8 Å². The lowest BCUT2D eigenvalue weighted by Gasteiger charge is -2.48. The first-order chi connectivity index (χ1) is 9.20. The Morgan fingerprint density at radius 3 is 1.74 bits per heavy atom. The van der Waals surface area contributed by atoms with Crippen LogP contribution in [0.1, 0.15) is 19.3 Å². The summed E-state index contributed by atoms with van der Waals surface area (Å²) in [6.45, 7) is 1.18. The van der Waals surface area contributed by atoms with Gasteiger partial charge in [-0.3, -0.25) is 4.98 Å². The number of pyridine rings is 1. The van der Waals surface area contributed by atoms with Crippen LogP contribution in [-0.2, 0) is 0 Å².